The summed E-state index contributed by atoms with van der Waals surface area (Å²) in [5.74, 6) is 0.0613. The zero-order chi connectivity index (χ0) is 7.56. The van der Waals surface area contributed by atoms with E-state index in [1.54, 1.807) is 11.3 Å². The van der Waals surface area contributed by atoms with Crippen LogP contribution in [0.1, 0.15) is 24.0 Å². The smallest absolute Gasteiger partial charge is 0.127 e. The fraction of sp³-hybridized carbons (Fsp3) is 0.375. The van der Waals surface area contributed by atoms with E-state index in [2.05, 4.69) is 5.38 Å². The number of carbonyl (C=O) groups is 1. The molecule has 1 aromatic heterocycles. The molecular formula is C8H10OS. The highest BCUT2D eigenvalue weighted by Crippen LogP contribution is 2.21. The summed E-state index contributed by atoms with van der Waals surface area (Å²) in [7, 11) is 0. The maximum Gasteiger partial charge on any atom is 0.127 e. The summed E-state index contributed by atoms with van der Waals surface area (Å²) in [6.45, 7) is 3.95. The van der Waals surface area contributed by atoms with Crippen LogP contribution in [0.4, 0.5) is 0 Å². The van der Waals surface area contributed by atoms with E-state index in [-0.39, 0.29) is 5.92 Å². The van der Waals surface area contributed by atoms with Crippen molar-refractivity contribution in [1.29, 1.82) is 0 Å². The van der Waals surface area contributed by atoms with Crippen molar-refractivity contribution in [1.82, 2.24) is 0 Å². The van der Waals surface area contributed by atoms with Crippen LogP contribution in [0.25, 0.3) is 0 Å². The minimum atomic E-state index is 0.0613. The van der Waals surface area contributed by atoms with Gasteiger partial charge in [0.2, 0.25) is 0 Å². The quantitative estimate of drug-likeness (QED) is 0.598. The van der Waals surface area contributed by atoms with Gasteiger partial charge in [-0.15, -0.1) is 0 Å². The van der Waals surface area contributed by atoms with E-state index in [4.69, 9.17) is 0 Å². The largest absolute Gasteiger partial charge is 0.303 e. The highest BCUT2D eigenvalue weighted by Gasteiger charge is 2.06. The van der Waals surface area contributed by atoms with Crippen molar-refractivity contribution in [2.75, 3.05) is 0 Å². The van der Waals surface area contributed by atoms with E-state index >= 15 is 0 Å². The molecule has 0 N–H and O–H groups in total. The van der Waals surface area contributed by atoms with Gasteiger partial charge in [0, 0.05) is 5.92 Å². The molecule has 0 saturated carbocycles. The minimum Gasteiger partial charge on any atom is -0.303 e. The summed E-state index contributed by atoms with van der Waals surface area (Å²) in [6, 6.07) is 0. The zero-order valence-electron chi connectivity index (χ0n) is 6.13. The number of hydrogen-bond acceptors (Lipinski definition) is 2. The first kappa shape index (κ1) is 7.48. The van der Waals surface area contributed by atoms with Gasteiger partial charge in [0.15, 0.2) is 0 Å². The van der Waals surface area contributed by atoms with Crippen molar-refractivity contribution < 1.29 is 4.79 Å². The van der Waals surface area contributed by atoms with Gasteiger partial charge in [0.25, 0.3) is 0 Å². The second-order valence-corrected chi connectivity index (χ2v) is 3.18. The molecule has 10 heavy (non-hydrogen) atoms. The van der Waals surface area contributed by atoms with E-state index < -0.39 is 0 Å². The Hall–Kier alpha value is -0.630. The minimum absolute atomic E-state index is 0.0613. The van der Waals surface area contributed by atoms with Crippen LogP contribution in [0.2, 0.25) is 0 Å². The standard InChI is InChI=1S/C8H10OS/c1-6(3-9)8-5-10-4-7(8)2/h3-6H,1-2H3. The average molecular weight is 154 g/mol. The van der Waals surface area contributed by atoms with Crippen molar-refractivity contribution >= 4 is 17.6 Å². The lowest BCUT2D eigenvalue weighted by atomic mass is 10.0. The molecule has 1 unspecified atom stereocenters. The molecule has 0 fully saturated rings. The second-order valence-electron chi connectivity index (χ2n) is 2.43. The Labute approximate surface area is 64.7 Å². The van der Waals surface area contributed by atoms with Crippen LogP contribution in [-0.4, -0.2) is 6.29 Å². The first-order valence-corrected chi connectivity index (χ1v) is 4.18. The monoisotopic (exact) mass is 154 g/mol. The number of thiophene rings is 1. The number of aldehydes is 1. The predicted octanol–water partition coefficient (Wildman–Crippen LogP) is 2.36. The molecule has 0 aromatic carbocycles. The van der Waals surface area contributed by atoms with E-state index in [0.29, 0.717) is 0 Å². The van der Waals surface area contributed by atoms with Gasteiger partial charge in [0.1, 0.15) is 6.29 Å². The molecule has 0 aliphatic rings. The van der Waals surface area contributed by atoms with Crippen LogP contribution in [0.15, 0.2) is 10.8 Å². The fourth-order valence-corrected chi connectivity index (χ4v) is 1.87. The Kier molecular flexibility index (Phi) is 2.22. The zero-order valence-corrected chi connectivity index (χ0v) is 6.94. The number of hydrogen-bond donors (Lipinski definition) is 0. The number of carbonyl (C=O) groups excluding carboxylic acids is 1. The van der Waals surface area contributed by atoms with Crippen molar-refractivity contribution in [3.05, 3.63) is 21.9 Å². The first-order valence-electron chi connectivity index (χ1n) is 3.23. The maximum absolute atomic E-state index is 10.4. The summed E-state index contributed by atoms with van der Waals surface area (Å²) in [6.07, 6.45) is 0.981. The Morgan fingerprint density at radius 3 is 2.70 bits per heavy atom. The molecule has 0 saturated heterocycles. The molecule has 2 heteroatoms. The first-order chi connectivity index (χ1) is 4.75. The highest BCUT2D eigenvalue weighted by molar-refractivity contribution is 7.08. The third-order valence-corrected chi connectivity index (χ3v) is 2.47. The molecule has 0 spiro atoms. The third kappa shape index (κ3) is 1.27. The average Bonchev–Trinajstić information content (AvgIpc) is 2.34. The Morgan fingerprint density at radius 1 is 1.60 bits per heavy atom. The van der Waals surface area contributed by atoms with Crippen molar-refractivity contribution in [3.8, 4) is 0 Å². The maximum atomic E-state index is 10.4. The molecule has 0 radical (unpaired) electrons. The van der Waals surface area contributed by atoms with E-state index in [1.165, 1.54) is 11.1 Å². The molecule has 1 heterocycles. The molecular weight excluding hydrogens is 144 g/mol. The lowest BCUT2D eigenvalue weighted by molar-refractivity contribution is -0.108. The summed E-state index contributed by atoms with van der Waals surface area (Å²) >= 11 is 1.65. The Bertz CT molecular complexity index is 227. The highest BCUT2D eigenvalue weighted by atomic mass is 32.1. The summed E-state index contributed by atoms with van der Waals surface area (Å²) in [5, 5.41) is 4.10. The van der Waals surface area contributed by atoms with Crippen LogP contribution < -0.4 is 0 Å². The Balaban J connectivity index is 2.92. The second kappa shape index (κ2) is 2.97. The van der Waals surface area contributed by atoms with E-state index in [9.17, 15) is 4.79 Å². The molecule has 54 valence electrons. The molecule has 1 nitrogen and oxygen atoms in total. The molecule has 0 aliphatic heterocycles. The molecule has 1 atom stereocenters. The fourth-order valence-electron chi connectivity index (χ4n) is 0.910. The lowest BCUT2D eigenvalue weighted by Gasteiger charge is -1.99. The van der Waals surface area contributed by atoms with E-state index in [1.807, 2.05) is 19.2 Å². The van der Waals surface area contributed by atoms with Crippen molar-refractivity contribution in [3.63, 3.8) is 0 Å². The van der Waals surface area contributed by atoms with Crippen LogP contribution in [0.5, 0.6) is 0 Å². The van der Waals surface area contributed by atoms with Crippen LogP contribution in [-0.2, 0) is 4.79 Å². The van der Waals surface area contributed by atoms with Gasteiger partial charge < -0.3 is 4.79 Å². The van der Waals surface area contributed by atoms with Crippen LogP contribution in [0, 0.1) is 6.92 Å². The SMILES string of the molecule is Cc1cscc1C(C)C=O. The molecule has 0 amide bonds. The third-order valence-electron chi connectivity index (χ3n) is 1.59. The summed E-state index contributed by atoms with van der Waals surface area (Å²) in [4.78, 5) is 10.4. The van der Waals surface area contributed by atoms with Gasteiger partial charge >= 0.3 is 0 Å². The number of aryl methyl sites for hydroxylation is 1. The number of rotatable bonds is 2. The topological polar surface area (TPSA) is 17.1 Å². The van der Waals surface area contributed by atoms with Gasteiger partial charge in [-0.25, -0.2) is 0 Å². The molecule has 0 aliphatic carbocycles. The summed E-state index contributed by atoms with van der Waals surface area (Å²) in [5.41, 5.74) is 2.39. The van der Waals surface area contributed by atoms with Gasteiger partial charge in [-0.3, -0.25) is 0 Å². The van der Waals surface area contributed by atoms with Crippen molar-refractivity contribution in [2.24, 2.45) is 0 Å². The van der Waals surface area contributed by atoms with Crippen LogP contribution in [0.3, 0.4) is 0 Å². The van der Waals surface area contributed by atoms with Crippen LogP contribution >= 0.6 is 11.3 Å². The molecule has 1 aromatic rings. The lowest BCUT2D eigenvalue weighted by Crippen LogP contribution is -1.93. The normalized spacial score (nSPS) is 13.0. The predicted molar refractivity (Wildman–Crippen MR) is 43.5 cm³/mol. The van der Waals surface area contributed by atoms with Gasteiger partial charge in [0.05, 0.1) is 0 Å². The molecule has 1 rings (SSSR count). The van der Waals surface area contributed by atoms with Gasteiger partial charge in [-0.2, -0.15) is 11.3 Å². The Morgan fingerprint density at radius 2 is 2.30 bits per heavy atom. The molecule has 0 bridgehead atoms. The van der Waals surface area contributed by atoms with Crippen molar-refractivity contribution in [2.45, 2.75) is 19.8 Å². The van der Waals surface area contributed by atoms with Gasteiger partial charge in [-0.05, 0) is 28.8 Å². The van der Waals surface area contributed by atoms with E-state index in [0.717, 1.165) is 6.29 Å². The van der Waals surface area contributed by atoms with Gasteiger partial charge in [-0.1, -0.05) is 6.92 Å². The summed E-state index contributed by atoms with van der Waals surface area (Å²) < 4.78 is 0.